The summed E-state index contributed by atoms with van der Waals surface area (Å²) in [5, 5.41) is 0. The molecule has 1 aliphatic heterocycles. The Bertz CT molecular complexity index is 435. The molecule has 19 heavy (non-hydrogen) atoms. The number of benzene rings is 1. The van der Waals surface area contributed by atoms with Gasteiger partial charge in [-0.05, 0) is 59.5 Å². The average Bonchev–Trinajstić information content (AvgIpc) is 2.88. The van der Waals surface area contributed by atoms with Gasteiger partial charge in [-0.1, -0.05) is 12.1 Å². The lowest BCUT2D eigenvalue weighted by Crippen LogP contribution is -2.48. The van der Waals surface area contributed by atoms with E-state index in [0.29, 0.717) is 13.0 Å². The van der Waals surface area contributed by atoms with Gasteiger partial charge in [-0.25, -0.2) is 0 Å². The second-order valence-corrected chi connectivity index (χ2v) is 6.25. The molecule has 4 N–H and O–H groups in total. The van der Waals surface area contributed by atoms with Crippen LogP contribution in [0.25, 0.3) is 0 Å². The van der Waals surface area contributed by atoms with E-state index in [1.165, 1.54) is 3.57 Å². The molecule has 104 valence electrons. The van der Waals surface area contributed by atoms with Gasteiger partial charge in [0.05, 0.1) is 6.04 Å². The van der Waals surface area contributed by atoms with Crippen molar-refractivity contribution >= 4 is 28.5 Å². The lowest BCUT2D eigenvalue weighted by Gasteiger charge is -2.26. The normalized spacial score (nSPS) is 20.6. The number of carbonyl (C=O) groups excluding carboxylic acids is 1. The van der Waals surface area contributed by atoms with Crippen molar-refractivity contribution in [1.82, 2.24) is 4.90 Å². The van der Waals surface area contributed by atoms with E-state index in [1.807, 2.05) is 29.2 Å². The van der Waals surface area contributed by atoms with Gasteiger partial charge in [0, 0.05) is 22.7 Å². The summed E-state index contributed by atoms with van der Waals surface area (Å²) < 4.78 is 1.18. The first-order valence-corrected chi connectivity index (χ1v) is 7.70. The molecular weight excluding hydrogens is 353 g/mol. The third kappa shape index (κ3) is 3.67. The zero-order chi connectivity index (χ0) is 13.8. The fraction of sp³-hybridized carbons (Fsp3) is 0.500. The maximum absolute atomic E-state index is 12.3. The third-order valence-corrected chi connectivity index (χ3v) is 4.34. The predicted molar refractivity (Wildman–Crippen MR) is 84.6 cm³/mol. The first kappa shape index (κ1) is 14.7. The molecule has 1 aromatic carbocycles. The van der Waals surface area contributed by atoms with Crippen LogP contribution in [0.4, 0.5) is 0 Å². The number of carbonyl (C=O) groups is 1. The fourth-order valence-corrected chi connectivity index (χ4v) is 2.91. The quantitative estimate of drug-likeness (QED) is 0.777. The maximum Gasteiger partial charge on any atom is 0.240 e. The van der Waals surface area contributed by atoms with Crippen molar-refractivity contribution in [2.24, 2.45) is 11.5 Å². The highest BCUT2D eigenvalue weighted by atomic mass is 127. The molecule has 2 atom stereocenters. The Kier molecular flexibility index (Phi) is 5.18. The molecule has 1 amide bonds. The van der Waals surface area contributed by atoms with E-state index in [0.717, 1.165) is 24.9 Å². The summed E-state index contributed by atoms with van der Waals surface area (Å²) in [6.07, 6.45) is 2.62. The van der Waals surface area contributed by atoms with Gasteiger partial charge in [0.2, 0.25) is 5.91 Å². The molecule has 0 radical (unpaired) electrons. The Balaban J connectivity index is 1.97. The minimum Gasteiger partial charge on any atom is -0.337 e. The minimum atomic E-state index is -0.466. The van der Waals surface area contributed by atoms with Crippen LogP contribution in [0.2, 0.25) is 0 Å². The summed E-state index contributed by atoms with van der Waals surface area (Å²) in [6, 6.07) is 7.83. The van der Waals surface area contributed by atoms with Gasteiger partial charge in [-0.15, -0.1) is 0 Å². The van der Waals surface area contributed by atoms with E-state index < -0.39 is 6.04 Å². The number of nitrogens with two attached hydrogens (primary N) is 2. The van der Waals surface area contributed by atoms with E-state index >= 15 is 0 Å². The molecule has 0 spiro atoms. The average molecular weight is 373 g/mol. The number of halogens is 1. The largest absolute Gasteiger partial charge is 0.337 e. The van der Waals surface area contributed by atoms with Crippen molar-refractivity contribution in [2.45, 2.75) is 31.3 Å². The number of hydrogen-bond donors (Lipinski definition) is 2. The Hall–Kier alpha value is -0.660. The molecule has 1 heterocycles. The number of amides is 1. The molecule has 1 fully saturated rings. The first-order valence-electron chi connectivity index (χ1n) is 6.62. The van der Waals surface area contributed by atoms with Crippen LogP contribution in [0.15, 0.2) is 24.3 Å². The summed E-state index contributed by atoms with van der Waals surface area (Å²) in [4.78, 5) is 14.2. The molecule has 0 unspecified atom stereocenters. The summed E-state index contributed by atoms with van der Waals surface area (Å²) in [5.41, 5.74) is 12.8. The highest BCUT2D eigenvalue weighted by molar-refractivity contribution is 14.1. The van der Waals surface area contributed by atoms with Crippen molar-refractivity contribution in [3.05, 3.63) is 33.4 Å². The molecule has 5 heteroatoms. The van der Waals surface area contributed by atoms with Crippen LogP contribution < -0.4 is 11.5 Å². The predicted octanol–water partition coefficient (Wildman–Crippen LogP) is 1.11. The van der Waals surface area contributed by atoms with E-state index in [4.69, 9.17) is 11.5 Å². The monoisotopic (exact) mass is 373 g/mol. The van der Waals surface area contributed by atoms with Crippen molar-refractivity contribution in [2.75, 3.05) is 13.1 Å². The number of nitrogens with zero attached hydrogens (tertiary/aromatic N) is 1. The molecule has 0 aromatic heterocycles. The molecule has 0 aliphatic carbocycles. The number of rotatable bonds is 4. The van der Waals surface area contributed by atoms with Gasteiger partial charge in [0.1, 0.15) is 0 Å². The molecule has 0 bridgehead atoms. The number of hydrogen-bond acceptors (Lipinski definition) is 3. The molecule has 1 aliphatic rings. The lowest BCUT2D eigenvalue weighted by atomic mass is 10.1. The lowest BCUT2D eigenvalue weighted by molar-refractivity contribution is -0.133. The third-order valence-electron chi connectivity index (χ3n) is 3.62. The van der Waals surface area contributed by atoms with E-state index in [1.54, 1.807) is 0 Å². The van der Waals surface area contributed by atoms with Crippen LogP contribution in [0.1, 0.15) is 18.4 Å². The Morgan fingerprint density at radius 1 is 1.42 bits per heavy atom. The van der Waals surface area contributed by atoms with Crippen LogP contribution in [0, 0.1) is 3.57 Å². The van der Waals surface area contributed by atoms with Crippen molar-refractivity contribution < 1.29 is 4.79 Å². The Morgan fingerprint density at radius 2 is 2.11 bits per heavy atom. The van der Waals surface area contributed by atoms with Gasteiger partial charge in [-0.2, -0.15) is 0 Å². The highest BCUT2D eigenvalue weighted by Crippen LogP contribution is 2.18. The summed E-state index contributed by atoms with van der Waals surface area (Å²) >= 11 is 2.26. The van der Waals surface area contributed by atoms with Crippen molar-refractivity contribution in [3.63, 3.8) is 0 Å². The van der Waals surface area contributed by atoms with Crippen LogP contribution in [0.5, 0.6) is 0 Å². The molecule has 4 nitrogen and oxygen atoms in total. The van der Waals surface area contributed by atoms with Crippen LogP contribution in [0.3, 0.4) is 0 Å². The zero-order valence-electron chi connectivity index (χ0n) is 10.9. The first-order chi connectivity index (χ1) is 9.11. The second-order valence-electron chi connectivity index (χ2n) is 5.00. The summed E-state index contributed by atoms with van der Waals surface area (Å²) in [5.74, 6) is 0.0338. The SMILES string of the molecule is NC[C@@H]1CCCN1C(=O)[C@@H](N)Cc1ccc(I)cc1. The van der Waals surface area contributed by atoms with Crippen LogP contribution in [-0.2, 0) is 11.2 Å². The van der Waals surface area contributed by atoms with E-state index in [-0.39, 0.29) is 11.9 Å². The fourth-order valence-electron chi connectivity index (χ4n) is 2.55. The topological polar surface area (TPSA) is 72.3 Å². The van der Waals surface area contributed by atoms with Crippen LogP contribution >= 0.6 is 22.6 Å². The Morgan fingerprint density at radius 3 is 2.74 bits per heavy atom. The van der Waals surface area contributed by atoms with Gasteiger partial charge >= 0.3 is 0 Å². The van der Waals surface area contributed by atoms with Crippen molar-refractivity contribution in [1.29, 1.82) is 0 Å². The maximum atomic E-state index is 12.3. The second kappa shape index (κ2) is 6.67. The van der Waals surface area contributed by atoms with Gasteiger partial charge in [0.15, 0.2) is 0 Å². The molecule has 1 aromatic rings. The molecular formula is C14H20IN3O. The summed E-state index contributed by atoms with van der Waals surface area (Å²) in [6.45, 7) is 1.32. The highest BCUT2D eigenvalue weighted by Gasteiger charge is 2.30. The molecule has 0 saturated carbocycles. The van der Waals surface area contributed by atoms with Crippen LogP contribution in [-0.4, -0.2) is 36.0 Å². The zero-order valence-corrected chi connectivity index (χ0v) is 13.0. The smallest absolute Gasteiger partial charge is 0.240 e. The molecule has 1 saturated heterocycles. The minimum absolute atomic E-state index is 0.0338. The van der Waals surface area contributed by atoms with Gasteiger partial charge < -0.3 is 16.4 Å². The van der Waals surface area contributed by atoms with E-state index in [2.05, 4.69) is 22.6 Å². The Labute approximate surface area is 127 Å². The van der Waals surface area contributed by atoms with E-state index in [9.17, 15) is 4.79 Å². The summed E-state index contributed by atoms with van der Waals surface area (Å²) in [7, 11) is 0. The van der Waals surface area contributed by atoms with Gasteiger partial charge in [-0.3, -0.25) is 4.79 Å². The number of likely N-dealkylation sites (tertiary alicyclic amines) is 1. The standard InChI is InChI=1S/C14H20IN3O/c15-11-5-3-10(4-6-11)8-13(17)14(19)18-7-1-2-12(18)9-16/h3-6,12-13H,1-2,7-9,16-17H2/t12-,13-/m0/s1. The van der Waals surface area contributed by atoms with Crippen molar-refractivity contribution in [3.8, 4) is 0 Å². The molecule has 2 rings (SSSR count). The van der Waals surface area contributed by atoms with Gasteiger partial charge in [0.25, 0.3) is 0 Å².